The summed E-state index contributed by atoms with van der Waals surface area (Å²) in [5.74, 6) is 0.447. The minimum absolute atomic E-state index is 0.0578. The highest BCUT2D eigenvalue weighted by atomic mass is 16.5. The molecule has 0 aromatic carbocycles. The van der Waals surface area contributed by atoms with Crippen LogP contribution in [-0.4, -0.2) is 73.1 Å². The standard InChI is InChI=1S/C15H25N3O3/c1-2-21-13-8-12(13)15(20)17-6-3-4-11(10-17)18-7-5-16-9-14(18)19/h11-13,16H,2-10H2,1H3. The summed E-state index contributed by atoms with van der Waals surface area (Å²) in [5, 5.41) is 3.10. The lowest BCUT2D eigenvalue weighted by molar-refractivity contribution is -0.141. The maximum Gasteiger partial charge on any atom is 0.236 e. The molecule has 118 valence electrons. The quantitative estimate of drug-likeness (QED) is 0.782. The first-order valence-corrected chi connectivity index (χ1v) is 8.11. The van der Waals surface area contributed by atoms with Crippen molar-refractivity contribution in [2.24, 2.45) is 5.92 Å². The van der Waals surface area contributed by atoms with Crippen molar-refractivity contribution in [2.75, 3.05) is 39.3 Å². The molecular weight excluding hydrogens is 270 g/mol. The third-order valence-corrected chi connectivity index (χ3v) is 4.70. The molecule has 2 amide bonds. The van der Waals surface area contributed by atoms with E-state index in [0.29, 0.717) is 19.7 Å². The number of piperazine rings is 1. The van der Waals surface area contributed by atoms with Gasteiger partial charge in [-0.2, -0.15) is 0 Å². The van der Waals surface area contributed by atoms with E-state index in [1.165, 1.54) is 0 Å². The van der Waals surface area contributed by atoms with Crippen LogP contribution in [0.3, 0.4) is 0 Å². The summed E-state index contributed by atoms with van der Waals surface area (Å²) < 4.78 is 5.52. The number of carbonyl (C=O) groups is 2. The average Bonchev–Trinajstić information content (AvgIpc) is 3.27. The number of nitrogens with one attached hydrogen (secondary N) is 1. The lowest BCUT2D eigenvalue weighted by Gasteiger charge is -2.41. The molecule has 0 aromatic heterocycles. The van der Waals surface area contributed by atoms with Gasteiger partial charge in [-0.15, -0.1) is 0 Å². The Balaban J connectivity index is 1.56. The van der Waals surface area contributed by atoms with Gasteiger partial charge in [0.15, 0.2) is 0 Å². The molecule has 1 aliphatic carbocycles. The van der Waals surface area contributed by atoms with Gasteiger partial charge in [0.2, 0.25) is 11.8 Å². The second kappa shape index (κ2) is 6.32. The molecule has 6 nitrogen and oxygen atoms in total. The van der Waals surface area contributed by atoms with Crippen molar-refractivity contribution in [3.8, 4) is 0 Å². The van der Waals surface area contributed by atoms with Crippen LogP contribution in [0.25, 0.3) is 0 Å². The maximum atomic E-state index is 12.5. The lowest BCUT2D eigenvalue weighted by Crippen LogP contribution is -2.57. The molecule has 3 atom stereocenters. The van der Waals surface area contributed by atoms with Gasteiger partial charge in [0.05, 0.1) is 18.6 Å². The molecule has 0 bridgehead atoms. The number of carbonyl (C=O) groups excluding carboxylic acids is 2. The molecule has 3 fully saturated rings. The molecule has 3 unspecified atom stereocenters. The van der Waals surface area contributed by atoms with Gasteiger partial charge >= 0.3 is 0 Å². The van der Waals surface area contributed by atoms with Gasteiger partial charge in [-0.25, -0.2) is 0 Å². The summed E-state index contributed by atoms with van der Waals surface area (Å²) in [6.45, 7) is 6.20. The molecule has 6 heteroatoms. The minimum Gasteiger partial charge on any atom is -0.378 e. The smallest absolute Gasteiger partial charge is 0.236 e. The second-order valence-electron chi connectivity index (χ2n) is 6.18. The van der Waals surface area contributed by atoms with Crippen LogP contribution in [0.5, 0.6) is 0 Å². The molecule has 3 rings (SSSR count). The van der Waals surface area contributed by atoms with Crippen LogP contribution in [0, 0.1) is 5.92 Å². The number of hydrogen-bond donors (Lipinski definition) is 1. The van der Waals surface area contributed by atoms with Crippen LogP contribution in [-0.2, 0) is 14.3 Å². The Labute approximate surface area is 125 Å². The van der Waals surface area contributed by atoms with Crippen molar-refractivity contribution < 1.29 is 14.3 Å². The zero-order valence-electron chi connectivity index (χ0n) is 12.7. The summed E-state index contributed by atoms with van der Waals surface area (Å²) in [4.78, 5) is 28.4. The number of amides is 2. The van der Waals surface area contributed by atoms with Crippen molar-refractivity contribution in [3.05, 3.63) is 0 Å². The fourth-order valence-electron chi connectivity index (χ4n) is 3.48. The van der Waals surface area contributed by atoms with E-state index >= 15 is 0 Å². The first-order valence-electron chi connectivity index (χ1n) is 8.11. The molecule has 2 aliphatic heterocycles. The van der Waals surface area contributed by atoms with E-state index in [1.54, 1.807) is 0 Å². The Kier molecular flexibility index (Phi) is 4.45. The van der Waals surface area contributed by atoms with E-state index < -0.39 is 0 Å². The monoisotopic (exact) mass is 295 g/mol. The fraction of sp³-hybridized carbons (Fsp3) is 0.867. The highest BCUT2D eigenvalue weighted by Gasteiger charge is 2.46. The van der Waals surface area contributed by atoms with E-state index in [2.05, 4.69) is 5.32 Å². The third kappa shape index (κ3) is 3.21. The van der Waals surface area contributed by atoms with Crippen LogP contribution in [0.4, 0.5) is 0 Å². The van der Waals surface area contributed by atoms with E-state index in [4.69, 9.17) is 4.74 Å². The highest BCUT2D eigenvalue weighted by molar-refractivity contribution is 5.83. The number of hydrogen-bond acceptors (Lipinski definition) is 4. The van der Waals surface area contributed by atoms with Crippen LogP contribution < -0.4 is 5.32 Å². The zero-order valence-corrected chi connectivity index (χ0v) is 12.7. The number of likely N-dealkylation sites (tertiary alicyclic amines) is 1. The van der Waals surface area contributed by atoms with Crippen LogP contribution >= 0.6 is 0 Å². The van der Waals surface area contributed by atoms with Crippen molar-refractivity contribution >= 4 is 11.8 Å². The summed E-state index contributed by atoms with van der Waals surface area (Å²) in [6, 6.07) is 0.196. The molecule has 1 saturated carbocycles. The van der Waals surface area contributed by atoms with Gasteiger partial charge in [0.25, 0.3) is 0 Å². The Hall–Kier alpha value is -1.14. The van der Waals surface area contributed by atoms with Crippen molar-refractivity contribution in [3.63, 3.8) is 0 Å². The number of rotatable bonds is 4. The summed E-state index contributed by atoms with van der Waals surface area (Å²) in [5.41, 5.74) is 0. The topological polar surface area (TPSA) is 61.9 Å². The van der Waals surface area contributed by atoms with Gasteiger partial charge in [0, 0.05) is 38.8 Å². The van der Waals surface area contributed by atoms with E-state index in [0.717, 1.165) is 38.9 Å². The van der Waals surface area contributed by atoms with Gasteiger partial charge in [-0.3, -0.25) is 9.59 Å². The molecule has 0 spiro atoms. The van der Waals surface area contributed by atoms with Gasteiger partial charge in [0.1, 0.15) is 0 Å². The maximum absolute atomic E-state index is 12.5. The van der Waals surface area contributed by atoms with E-state index in [1.807, 2.05) is 16.7 Å². The summed E-state index contributed by atoms with van der Waals surface area (Å²) in [7, 11) is 0. The van der Waals surface area contributed by atoms with Gasteiger partial charge in [-0.1, -0.05) is 0 Å². The van der Waals surface area contributed by atoms with Crippen molar-refractivity contribution in [1.29, 1.82) is 0 Å². The molecule has 0 radical (unpaired) electrons. The largest absolute Gasteiger partial charge is 0.378 e. The molecular formula is C15H25N3O3. The Morgan fingerprint density at radius 1 is 1.43 bits per heavy atom. The van der Waals surface area contributed by atoms with Gasteiger partial charge < -0.3 is 19.9 Å². The first-order chi connectivity index (χ1) is 10.2. The first kappa shape index (κ1) is 14.8. The van der Waals surface area contributed by atoms with Crippen LogP contribution in [0.1, 0.15) is 26.2 Å². The molecule has 3 aliphatic rings. The highest BCUT2D eigenvalue weighted by Crippen LogP contribution is 2.36. The second-order valence-corrected chi connectivity index (χ2v) is 6.18. The number of piperidine rings is 1. The molecule has 2 heterocycles. The Morgan fingerprint density at radius 2 is 2.29 bits per heavy atom. The predicted molar refractivity (Wildman–Crippen MR) is 77.7 cm³/mol. The Bertz CT molecular complexity index is 415. The van der Waals surface area contributed by atoms with Crippen molar-refractivity contribution in [1.82, 2.24) is 15.1 Å². The number of ether oxygens (including phenoxy) is 1. The molecule has 1 N–H and O–H groups in total. The summed E-state index contributed by atoms with van der Waals surface area (Å²) >= 11 is 0. The lowest BCUT2D eigenvalue weighted by atomic mass is 10.0. The van der Waals surface area contributed by atoms with Crippen LogP contribution in [0.15, 0.2) is 0 Å². The normalized spacial score (nSPS) is 33.2. The number of nitrogens with zero attached hydrogens (tertiary/aromatic N) is 2. The fourth-order valence-corrected chi connectivity index (χ4v) is 3.48. The molecule has 21 heavy (non-hydrogen) atoms. The predicted octanol–water partition coefficient (Wildman–Crippen LogP) is -0.166. The molecule has 0 aromatic rings. The SMILES string of the molecule is CCOC1CC1C(=O)N1CCCC(N2CCNCC2=O)C1. The van der Waals surface area contributed by atoms with E-state index in [9.17, 15) is 9.59 Å². The Morgan fingerprint density at radius 3 is 3.05 bits per heavy atom. The zero-order chi connectivity index (χ0) is 14.8. The minimum atomic E-state index is 0.0578. The van der Waals surface area contributed by atoms with Crippen molar-refractivity contribution in [2.45, 2.75) is 38.3 Å². The molecule has 2 saturated heterocycles. The average molecular weight is 295 g/mol. The third-order valence-electron chi connectivity index (χ3n) is 4.70. The van der Waals surface area contributed by atoms with Crippen LogP contribution in [0.2, 0.25) is 0 Å². The van der Waals surface area contributed by atoms with E-state index in [-0.39, 0.29) is 29.9 Å². The van der Waals surface area contributed by atoms with Gasteiger partial charge in [-0.05, 0) is 26.2 Å². The summed E-state index contributed by atoms with van der Waals surface area (Å²) in [6.07, 6.45) is 2.98.